The average Bonchev–Trinajstić information content (AvgIpc) is 3.39. The molecule has 2 aromatic carbocycles. The number of benzene rings is 2. The molecule has 7 heteroatoms. The third kappa shape index (κ3) is 3.85. The maximum Gasteiger partial charge on any atom is 0.277 e. The molecule has 0 bridgehead atoms. The van der Waals surface area contributed by atoms with Crippen LogP contribution in [0.4, 0.5) is 0 Å². The van der Waals surface area contributed by atoms with Crippen molar-refractivity contribution in [2.75, 3.05) is 19.8 Å². The summed E-state index contributed by atoms with van der Waals surface area (Å²) in [6.07, 6.45) is 1.74. The standard InChI is InChI=1S/C21H20N4O3/c26-12-14-27-13-11-25-15-22-18(16-7-3-1-4-8-16)19(25)21-23-20(24-28-21)17-9-5-2-6-10-17/h1-10,15,26H,11-14H2. The van der Waals surface area contributed by atoms with Crippen molar-refractivity contribution in [2.24, 2.45) is 0 Å². The first-order valence-electron chi connectivity index (χ1n) is 9.05. The summed E-state index contributed by atoms with van der Waals surface area (Å²) < 4.78 is 12.9. The molecule has 142 valence electrons. The van der Waals surface area contributed by atoms with E-state index in [0.29, 0.717) is 31.5 Å². The molecule has 0 amide bonds. The highest BCUT2D eigenvalue weighted by Crippen LogP contribution is 2.31. The predicted molar refractivity (Wildman–Crippen MR) is 104 cm³/mol. The first-order chi connectivity index (χ1) is 13.9. The molecule has 0 saturated carbocycles. The number of hydrogen-bond acceptors (Lipinski definition) is 6. The van der Waals surface area contributed by atoms with Gasteiger partial charge in [-0.2, -0.15) is 4.98 Å². The SMILES string of the molecule is OCCOCCn1cnc(-c2ccccc2)c1-c1nc(-c2ccccc2)no1. The van der Waals surface area contributed by atoms with Crippen LogP contribution in [0.2, 0.25) is 0 Å². The van der Waals surface area contributed by atoms with Gasteiger partial charge in [-0.3, -0.25) is 0 Å². The highest BCUT2D eigenvalue weighted by Gasteiger charge is 2.21. The smallest absolute Gasteiger partial charge is 0.277 e. The Labute approximate surface area is 162 Å². The Hall–Kier alpha value is -3.29. The van der Waals surface area contributed by atoms with Crippen molar-refractivity contribution in [3.63, 3.8) is 0 Å². The van der Waals surface area contributed by atoms with Gasteiger partial charge in [-0.15, -0.1) is 0 Å². The number of nitrogens with zero attached hydrogens (tertiary/aromatic N) is 4. The van der Waals surface area contributed by atoms with Crippen LogP contribution in [0.1, 0.15) is 0 Å². The Morgan fingerprint density at radius 1 is 0.929 bits per heavy atom. The van der Waals surface area contributed by atoms with E-state index in [4.69, 9.17) is 14.4 Å². The highest BCUT2D eigenvalue weighted by atomic mass is 16.5. The number of aliphatic hydroxyl groups excluding tert-OH is 1. The lowest BCUT2D eigenvalue weighted by atomic mass is 10.1. The van der Waals surface area contributed by atoms with Gasteiger partial charge in [0.25, 0.3) is 5.89 Å². The van der Waals surface area contributed by atoms with Crippen molar-refractivity contribution in [1.29, 1.82) is 0 Å². The van der Waals surface area contributed by atoms with Gasteiger partial charge in [0.05, 0.1) is 26.1 Å². The Balaban J connectivity index is 1.71. The van der Waals surface area contributed by atoms with Gasteiger partial charge in [0, 0.05) is 17.7 Å². The van der Waals surface area contributed by atoms with Gasteiger partial charge < -0.3 is 18.9 Å². The quantitative estimate of drug-likeness (QED) is 0.475. The molecule has 28 heavy (non-hydrogen) atoms. The van der Waals surface area contributed by atoms with Gasteiger partial charge in [-0.1, -0.05) is 65.8 Å². The number of ether oxygens (including phenoxy) is 1. The van der Waals surface area contributed by atoms with Crippen LogP contribution in [0.15, 0.2) is 71.5 Å². The van der Waals surface area contributed by atoms with E-state index in [2.05, 4.69) is 15.1 Å². The van der Waals surface area contributed by atoms with E-state index >= 15 is 0 Å². The summed E-state index contributed by atoms with van der Waals surface area (Å²) in [5.41, 5.74) is 3.36. The maximum absolute atomic E-state index is 8.88. The van der Waals surface area contributed by atoms with E-state index in [-0.39, 0.29) is 6.61 Å². The first-order valence-corrected chi connectivity index (χ1v) is 9.05. The fraction of sp³-hybridized carbons (Fsp3) is 0.190. The third-order valence-electron chi connectivity index (χ3n) is 4.26. The normalized spacial score (nSPS) is 11.0. The monoisotopic (exact) mass is 376 g/mol. The van der Waals surface area contributed by atoms with Crippen LogP contribution in [0.5, 0.6) is 0 Å². The zero-order valence-electron chi connectivity index (χ0n) is 15.2. The largest absolute Gasteiger partial charge is 0.394 e. The summed E-state index contributed by atoms with van der Waals surface area (Å²) in [7, 11) is 0. The zero-order valence-corrected chi connectivity index (χ0v) is 15.2. The molecular formula is C21H20N4O3. The van der Waals surface area contributed by atoms with Crippen LogP contribution in [0, 0.1) is 0 Å². The lowest BCUT2D eigenvalue weighted by Gasteiger charge is -2.07. The van der Waals surface area contributed by atoms with Crippen LogP contribution < -0.4 is 0 Å². The molecule has 2 heterocycles. The number of imidazole rings is 1. The van der Waals surface area contributed by atoms with Gasteiger partial charge in [0.2, 0.25) is 5.82 Å². The average molecular weight is 376 g/mol. The predicted octanol–water partition coefficient (Wildman–Crippen LogP) is 3.28. The van der Waals surface area contributed by atoms with Crippen molar-refractivity contribution in [3.05, 3.63) is 67.0 Å². The Morgan fingerprint density at radius 2 is 1.64 bits per heavy atom. The zero-order chi connectivity index (χ0) is 19.2. The van der Waals surface area contributed by atoms with Crippen LogP contribution in [-0.4, -0.2) is 44.6 Å². The first kappa shape index (κ1) is 18.1. The van der Waals surface area contributed by atoms with Crippen LogP contribution in [0.3, 0.4) is 0 Å². The summed E-state index contributed by atoms with van der Waals surface area (Å²) >= 11 is 0. The maximum atomic E-state index is 8.88. The molecule has 0 radical (unpaired) electrons. The van der Waals surface area contributed by atoms with Crippen molar-refractivity contribution < 1.29 is 14.4 Å². The van der Waals surface area contributed by atoms with E-state index in [9.17, 15) is 0 Å². The van der Waals surface area contributed by atoms with Gasteiger partial charge >= 0.3 is 0 Å². The van der Waals surface area contributed by atoms with Gasteiger partial charge in [0.1, 0.15) is 11.4 Å². The summed E-state index contributed by atoms with van der Waals surface area (Å²) in [6, 6.07) is 19.6. The molecule has 0 saturated heterocycles. The Bertz CT molecular complexity index is 1010. The van der Waals surface area contributed by atoms with Crippen LogP contribution in [0.25, 0.3) is 34.2 Å². The molecule has 0 unspecified atom stereocenters. The molecular weight excluding hydrogens is 356 g/mol. The number of aromatic nitrogens is 4. The molecule has 0 aliphatic rings. The van der Waals surface area contributed by atoms with E-state index < -0.39 is 0 Å². The molecule has 0 spiro atoms. The third-order valence-corrected chi connectivity index (χ3v) is 4.26. The molecule has 1 N–H and O–H groups in total. The van der Waals surface area contributed by atoms with Crippen molar-refractivity contribution in [3.8, 4) is 34.2 Å². The van der Waals surface area contributed by atoms with Crippen molar-refractivity contribution >= 4 is 0 Å². The molecule has 7 nitrogen and oxygen atoms in total. The van der Waals surface area contributed by atoms with Crippen LogP contribution in [-0.2, 0) is 11.3 Å². The fourth-order valence-electron chi connectivity index (χ4n) is 2.94. The number of aliphatic hydroxyl groups is 1. The second-order valence-corrected chi connectivity index (χ2v) is 6.13. The summed E-state index contributed by atoms with van der Waals surface area (Å²) in [4.78, 5) is 9.17. The molecule has 4 rings (SSSR count). The molecule has 2 aromatic heterocycles. The van der Waals surface area contributed by atoms with Gasteiger partial charge in [-0.05, 0) is 0 Å². The summed E-state index contributed by atoms with van der Waals surface area (Å²) in [5, 5.41) is 13.0. The molecule has 0 fully saturated rings. The van der Waals surface area contributed by atoms with Gasteiger partial charge in [0.15, 0.2) is 0 Å². The minimum atomic E-state index is -0.00382. The minimum Gasteiger partial charge on any atom is -0.394 e. The van der Waals surface area contributed by atoms with Gasteiger partial charge in [-0.25, -0.2) is 4.98 Å². The van der Waals surface area contributed by atoms with E-state index in [1.807, 2.05) is 65.2 Å². The van der Waals surface area contributed by atoms with Crippen LogP contribution >= 0.6 is 0 Å². The van der Waals surface area contributed by atoms with Crippen molar-refractivity contribution in [2.45, 2.75) is 6.54 Å². The van der Waals surface area contributed by atoms with E-state index in [1.165, 1.54) is 0 Å². The summed E-state index contributed by atoms with van der Waals surface area (Å²) in [5.74, 6) is 0.927. The Morgan fingerprint density at radius 3 is 2.36 bits per heavy atom. The van der Waals surface area contributed by atoms with E-state index in [1.54, 1.807) is 6.33 Å². The number of hydrogen-bond donors (Lipinski definition) is 1. The second-order valence-electron chi connectivity index (χ2n) is 6.13. The lowest BCUT2D eigenvalue weighted by molar-refractivity contribution is 0.0871. The fourth-order valence-corrected chi connectivity index (χ4v) is 2.94. The molecule has 0 aliphatic heterocycles. The lowest BCUT2D eigenvalue weighted by Crippen LogP contribution is -2.09. The van der Waals surface area contributed by atoms with Crippen molar-refractivity contribution in [1.82, 2.24) is 19.7 Å². The number of rotatable bonds is 8. The Kier molecular flexibility index (Phi) is 5.56. The molecule has 4 aromatic rings. The summed E-state index contributed by atoms with van der Waals surface area (Å²) in [6.45, 7) is 1.29. The molecule has 0 aliphatic carbocycles. The highest BCUT2D eigenvalue weighted by molar-refractivity contribution is 5.75. The molecule has 0 atom stereocenters. The second kappa shape index (κ2) is 8.60. The van der Waals surface area contributed by atoms with E-state index in [0.717, 1.165) is 22.5 Å². The topological polar surface area (TPSA) is 86.2 Å². The minimum absolute atomic E-state index is 0.00382.